The zero-order valence-electron chi connectivity index (χ0n) is 8.37. The lowest BCUT2D eigenvalue weighted by Crippen LogP contribution is -2.31. The van der Waals surface area contributed by atoms with Crippen molar-refractivity contribution in [3.05, 3.63) is 35.6 Å². The Kier molecular flexibility index (Phi) is 3.24. The molecule has 0 aromatic heterocycles. The number of hydrogen-bond donors (Lipinski definition) is 2. The summed E-state index contributed by atoms with van der Waals surface area (Å²) in [6, 6.07) is 5.49. The van der Waals surface area contributed by atoms with Crippen LogP contribution in [0.2, 0.25) is 0 Å². The first-order valence-electron chi connectivity index (χ1n) is 4.63. The van der Waals surface area contributed by atoms with E-state index in [4.69, 9.17) is 0 Å². The van der Waals surface area contributed by atoms with Crippen molar-refractivity contribution in [1.29, 1.82) is 0 Å². The fourth-order valence-corrected chi connectivity index (χ4v) is 1.20. The Morgan fingerprint density at radius 2 is 1.86 bits per heavy atom. The van der Waals surface area contributed by atoms with Crippen molar-refractivity contribution in [2.75, 3.05) is 0 Å². The first kappa shape index (κ1) is 11.1. The Labute approximate surface area is 83.0 Å². The smallest absolute Gasteiger partial charge is 0.123 e. The third-order valence-corrected chi connectivity index (χ3v) is 2.49. The fraction of sp³-hybridized carbons (Fsp3) is 0.455. The van der Waals surface area contributed by atoms with Gasteiger partial charge >= 0.3 is 0 Å². The van der Waals surface area contributed by atoms with E-state index in [1.165, 1.54) is 24.3 Å². The molecule has 0 fully saturated rings. The highest BCUT2D eigenvalue weighted by molar-refractivity contribution is 5.20. The highest BCUT2D eigenvalue weighted by atomic mass is 19.1. The van der Waals surface area contributed by atoms with Gasteiger partial charge in [-0.2, -0.15) is 0 Å². The third kappa shape index (κ3) is 2.30. The molecule has 1 rings (SSSR count). The van der Waals surface area contributed by atoms with Crippen molar-refractivity contribution in [3.8, 4) is 0 Å². The van der Waals surface area contributed by atoms with Crippen LogP contribution in [0.5, 0.6) is 0 Å². The first-order valence-corrected chi connectivity index (χ1v) is 4.63. The van der Waals surface area contributed by atoms with Gasteiger partial charge in [-0.1, -0.05) is 19.1 Å². The molecule has 78 valence electrons. The summed E-state index contributed by atoms with van der Waals surface area (Å²) < 4.78 is 12.6. The second-order valence-corrected chi connectivity index (χ2v) is 3.66. The lowest BCUT2D eigenvalue weighted by atomic mass is 9.91. The van der Waals surface area contributed by atoms with Gasteiger partial charge in [0.1, 0.15) is 11.9 Å². The van der Waals surface area contributed by atoms with Crippen LogP contribution in [-0.2, 0) is 0 Å². The van der Waals surface area contributed by atoms with Crippen LogP contribution in [0.1, 0.15) is 31.9 Å². The monoisotopic (exact) mass is 198 g/mol. The van der Waals surface area contributed by atoms with Gasteiger partial charge in [0.15, 0.2) is 0 Å². The zero-order chi connectivity index (χ0) is 10.8. The number of halogens is 1. The van der Waals surface area contributed by atoms with Crippen LogP contribution in [0.25, 0.3) is 0 Å². The van der Waals surface area contributed by atoms with E-state index in [0.717, 1.165) is 0 Å². The van der Waals surface area contributed by atoms with Crippen molar-refractivity contribution >= 4 is 0 Å². The zero-order valence-corrected chi connectivity index (χ0v) is 8.37. The van der Waals surface area contributed by atoms with Crippen molar-refractivity contribution in [1.82, 2.24) is 0 Å². The van der Waals surface area contributed by atoms with Crippen LogP contribution in [0.3, 0.4) is 0 Å². The Morgan fingerprint density at radius 3 is 2.29 bits per heavy atom. The SMILES string of the molecule is CCC(C)(O)C(O)c1ccc(F)cc1. The standard InChI is InChI=1S/C11H15FO2/c1-3-11(2,14)10(13)8-4-6-9(12)7-5-8/h4-7,10,13-14H,3H2,1-2H3. The first-order chi connectivity index (χ1) is 6.47. The second kappa shape index (κ2) is 4.07. The van der Waals surface area contributed by atoms with Crippen LogP contribution < -0.4 is 0 Å². The molecule has 1 aromatic rings. The molecule has 2 N–H and O–H groups in total. The molecule has 0 aliphatic rings. The van der Waals surface area contributed by atoms with Gasteiger partial charge in [-0.05, 0) is 31.0 Å². The molecular weight excluding hydrogens is 183 g/mol. The van der Waals surface area contributed by atoms with E-state index in [1.54, 1.807) is 13.8 Å². The van der Waals surface area contributed by atoms with E-state index in [2.05, 4.69) is 0 Å². The van der Waals surface area contributed by atoms with E-state index < -0.39 is 11.7 Å². The average molecular weight is 198 g/mol. The van der Waals surface area contributed by atoms with Crippen LogP contribution in [-0.4, -0.2) is 15.8 Å². The Morgan fingerprint density at radius 1 is 1.36 bits per heavy atom. The van der Waals surface area contributed by atoms with Gasteiger partial charge in [0.25, 0.3) is 0 Å². The average Bonchev–Trinajstić information content (AvgIpc) is 2.18. The van der Waals surface area contributed by atoms with Gasteiger partial charge in [-0.15, -0.1) is 0 Å². The minimum atomic E-state index is -1.17. The molecule has 1 aromatic carbocycles. The maximum Gasteiger partial charge on any atom is 0.123 e. The van der Waals surface area contributed by atoms with Gasteiger partial charge in [0, 0.05) is 0 Å². The third-order valence-electron chi connectivity index (χ3n) is 2.49. The van der Waals surface area contributed by atoms with Crippen molar-refractivity contribution < 1.29 is 14.6 Å². The summed E-state index contributed by atoms with van der Waals surface area (Å²) in [6.07, 6.45) is -0.543. The van der Waals surface area contributed by atoms with Gasteiger partial charge in [0.2, 0.25) is 0 Å². The molecule has 0 heterocycles. The van der Waals surface area contributed by atoms with E-state index >= 15 is 0 Å². The summed E-state index contributed by atoms with van der Waals surface area (Å²) in [5.41, 5.74) is -0.643. The van der Waals surface area contributed by atoms with Gasteiger partial charge in [-0.25, -0.2) is 4.39 Å². The Bertz CT molecular complexity index is 293. The minimum Gasteiger partial charge on any atom is -0.387 e. The molecule has 14 heavy (non-hydrogen) atoms. The van der Waals surface area contributed by atoms with Crippen LogP contribution in [0, 0.1) is 5.82 Å². The molecule has 0 aliphatic carbocycles. The summed E-state index contributed by atoms with van der Waals surface area (Å²) in [5, 5.41) is 19.5. The van der Waals surface area contributed by atoms with Crippen LogP contribution in [0.4, 0.5) is 4.39 Å². The molecule has 2 nitrogen and oxygen atoms in total. The topological polar surface area (TPSA) is 40.5 Å². The number of hydrogen-bond acceptors (Lipinski definition) is 2. The molecule has 0 aliphatic heterocycles. The summed E-state index contributed by atoms with van der Waals surface area (Å²) in [4.78, 5) is 0. The summed E-state index contributed by atoms with van der Waals surface area (Å²) in [5.74, 6) is -0.350. The van der Waals surface area contributed by atoms with Gasteiger partial charge in [0.05, 0.1) is 5.60 Å². The molecule has 0 amide bonds. The molecule has 0 spiro atoms. The van der Waals surface area contributed by atoms with E-state index in [9.17, 15) is 14.6 Å². The summed E-state index contributed by atoms with van der Waals surface area (Å²) in [6.45, 7) is 3.34. The number of rotatable bonds is 3. The minimum absolute atomic E-state index is 0.350. The predicted molar refractivity (Wildman–Crippen MR) is 52.3 cm³/mol. The Hall–Kier alpha value is -0.930. The lowest BCUT2D eigenvalue weighted by molar-refractivity contribution is -0.0658. The molecule has 0 bridgehead atoms. The van der Waals surface area contributed by atoms with Gasteiger partial charge < -0.3 is 10.2 Å². The summed E-state index contributed by atoms with van der Waals surface area (Å²) in [7, 11) is 0. The molecule has 0 radical (unpaired) electrons. The molecule has 0 saturated heterocycles. The maximum atomic E-state index is 12.6. The molecule has 2 unspecified atom stereocenters. The van der Waals surface area contributed by atoms with E-state index in [1.807, 2.05) is 0 Å². The quantitative estimate of drug-likeness (QED) is 0.780. The number of benzene rings is 1. The number of aliphatic hydroxyl groups is 2. The van der Waals surface area contributed by atoms with E-state index in [0.29, 0.717) is 12.0 Å². The van der Waals surface area contributed by atoms with Crippen molar-refractivity contribution in [2.45, 2.75) is 32.0 Å². The van der Waals surface area contributed by atoms with E-state index in [-0.39, 0.29) is 5.82 Å². The van der Waals surface area contributed by atoms with Crippen LogP contribution in [0.15, 0.2) is 24.3 Å². The fourth-order valence-electron chi connectivity index (χ4n) is 1.20. The molecule has 2 atom stereocenters. The predicted octanol–water partition coefficient (Wildman–Crippen LogP) is 2.02. The second-order valence-electron chi connectivity index (χ2n) is 3.66. The highest BCUT2D eigenvalue weighted by Crippen LogP contribution is 2.28. The Balaban J connectivity index is 2.89. The van der Waals surface area contributed by atoms with Crippen LogP contribution >= 0.6 is 0 Å². The largest absolute Gasteiger partial charge is 0.387 e. The highest BCUT2D eigenvalue weighted by Gasteiger charge is 2.29. The summed E-state index contributed by atoms with van der Waals surface area (Å²) >= 11 is 0. The maximum absolute atomic E-state index is 12.6. The molecular formula is C11H15FO2. The molecule has 0 saturated carbocycles. The van der Waals surface area contributed by atoms with Crippen molar-refractivity contribution in [3.63, 3.8) is 0 Å². The van der Waals surface area contributed by atoms with Crippen molar-refractivity contribution in [2.24, 2.45) is 0 Å². The number of aliphatic hydroxyl groups excluding tert-OH is 1. The lowest BCUT2D eigenvalue weighted by Gasteiger charge is -2.27. The van der Waals surface area contributed by atoms with Gasteiger partial charge in [-0.3, -0.25) is 0 Å². The normalized spacial score (nSPS) is 17.5. The molecule has 3 heteroatoms.